The standard InChI is InChI=1S/C31H31FN4OS/c1-5-14-36-27-17-26(32)23(15-25(27)21(2)18-31(36,3)4)16-28-29(37)35(20-22-10-9-13-33-19-22)30(38-28)34-24-11-7-6-8-12-24/h6-13,15-19H,5,14,20H2,1-4H3/b28-16+,34-30?. The van der Waals surface area contributed by atoms with E-state index in [2.05, 4.69) is 43.7 Å². The second-order valence-corrected chi connectivity index (χ2v) is 11.1. The van der Waals surface area contributed by atoms with Crippen LogP contribution in [0.5, 0.6) is 0 Å². The number of nitrogens with zero attached hydrogens (tertiary/aromatic N) is 4. The van der Waals surface area contributed by atoms with Crippen LogP contribution in [-0.2, 0) is 11.3 Å². The highest BCUT2D eigenvalue weighted by molar-refractivity contribution is 8.18. The molecule has 2 aromatic carbocycles. The maximum absolute atomic E-state index is 15.6. The smallest absolute Gasteiger partial charge is 0.267 e. The molecule has 194 valence electrons. The number of pyridine rings is 1. The van der Waals surface area contributed by atoms with Crippen molar-refractivity contribution in [2.24, 2.45) is 4.99 Å². The molecule has 1 fully saturated rings. The number of fused-ring (bicyclic) bond motifs is 1. The fourth-order valence-corrected chi connectivity index (χ4v) is 6.01. The number of hydrogen-bond donors (Lipinski definition) is 0. The molecule has 0 bridgehead atoms. The summed E-state index contributed by atoms with van der Waals surface area (Å²) in [6.07, 6.45) is 8.29. The van der Waals surface area contributed by atoms with Crippen LogP contribution in [0.25, 0.3) is 11.6 Å². The molecule has 38 heavy (non-hydrogen) atoms. The van der Waals surface area contributed by atoms with E-state index >= 15 is 4.39 Å². The number of aromatic nitrogens is 1. The highest BCUT2D eigenvalue weighted by Crippen LogP contribution is 2.42. The van der Waals surface area contributed by atoms with E-state index in [1.165, 1.54) is 11.8 Å². The number of hydrogen-bond acceptors (Lipinski definition) is 5. The zero-order valence-electron chi connectivity index (χ0n) is 22.1. The van der Waals surface area contributed by atoms with Crippen molar-refractivity contribution < 1.29 is 9.18 Å². The summed E-state index contributed by atoms with van der Waals surface area (Å²) in [4.78, 5) is 26.8. The van der Waals surface area contributed by atoms with E-state index in [-0.39, 0.29) is 17.3 Å². The van der Waals surface area contributed by atoms with Crippen LogP contribution in [0.2, 0.25) is 0 Å². The molecule has 0 atom stereocenters. The van der Waals surface area contributed by atoms with Crippen molar-refractivity contribution in [3.63, 3.8) is 0 Å². The summed E-state index contributed by atoms with van der Waals surface area (Å²) in [7, 11) is 0. The predicted molar refractivity (Wildman–Crippen MR) is 156 cm³/mol. The van der Waals surface area contributed by atoms with Crippen molar-refractivity contribution >= 4 is 45.9 Å². The molecule has 0 saturated carbocycles. The van der Waals surface area contributed by atoms with E-state index in [9.17, 15) is 4.79 Å². The summed E-state index contributed by atoms with van der Waals surface area (Å²) in [5.74, 6) is -0.546. The zero-order valence-corrected chi connectivity index (χ0v) is 22.9. The molecule has 7 heteroatoms. The fraction of sp³-hybridized carbons (Fsp3) is 0.258. The molecule has 0 N–H and O–H groups in total. The van der Waals surface area contributed by atoms with E-state index in [0.29, 0.717) is 22.2 Å². The Balaban J connectivity index is 1.54. The lowest BCUT2D eigenvalue weighted by molar-refractivity contribution is -0.122. The van der Waals surface area contributed by atoms with Gasteiger partial charge in [0.05, 0.1) is 22.7 Å². The van der Waals surface area contributed by atoms with Gasteiger partial charge in [0.1, 0.15) is 5.82 Å². The number of benzene rings is 2. The SMILES string of the molecule is CCCN1c2cc(F)c(/C=C3/SC(=Nc4ccccc4)N(Cc4cccnc4)C3=O)cc2C(C)=CC1(C)C. The molecule has 3 aromatic rings. The van der Waals surface area contributed by atoms with Gasteiger partial charge in [0.25, 0.3) is 5.91 Å². The minimum Gasteiger partial charge on any atom is -0.362 e. The van der Waals surface area contributed by atoms with Crippen molar-refractivity contribution in [2.45, 2.75) is 46.2 Å². The first kappa shape index (κ1) is 25.9. The van der Waals surface area contributed by atoms with Crippen LogP contribution in [0.3, 0.4) is 0 Å². The van der Waals surface area contributed by atoms with E-state index in [1.807, 2.05) is 48.5 Å². The minimum absolute atomic E-state index is 0.202. The molecular weight excluding hydrogens is 495 g/mol. The number of halogens is 1. The lowest BCUT2D eigenvalue weighted by Crippen LogP contribution is -2.45. The lowest BCUT2D eigenvalue weighted by Gasteiger charge is -2.43. The lowest BCUT2D eigenvalue weighted by atomic mass is 9.87. The summed E-state index contributed by atoms with van der Waals surface area (Å²) in [6, 6.07) is 16.8. The van der Waals surface area contributed by atoms with Gasteiger partial charge in [-0.05, 0) is 86.5 Å². The Morgan fingerprint density at radius 3 is 2.63 bits per heavy atom. The van der Waals surface area contributed by atoms with Gasteiger partial charge in [-0.2, -0.15) is 0 Å². The number of carbonyl (C=O) groups excluding carboxylic acids is 1. The van der Waals surface area contributed by atoms with Gasteiger partial charge in [-0.15, -0.1) is 0 Å². The summed E-state index contributed by atoms with van der Waals surface area (Å²) >= 11 is 1.27. The summed E-state index contributed by atoms with van der Waals surface area (Å²) in [5.41, 5.74) is 4.82. The van der Waals surface area contributed by atoms with E-state index in [4.69, 9.17) is 4.99 Å². The zero-order chi connectivity index (χ0) is 26.9. The molecule has 2 aliphatic heterocycles. The van der Waals surface area contributed by atoms with Crippen LogP contribution in [0, 0.1) is 5.82 Å². The molecule has 5 nitrogen and oxygen atoms in total. The maximum Gasteiger partial charge on any atom is 0.267 e. The molecule has 0 spiro atoms. The number of amides is 1. The second kappa shape index (κ2) is 10.6. The normalized spacial score (nSPS) is 18.8. The number of para-hydroxylation sites is 1. The quantitative estimate of drug-likeness (QED) is 0.313. The Kier molecular flexibility index (Phi) is 7.21. The van der Waals surface area contributed by atoms with E-state index in [1.54, 1.807) is 29.4 Å². The maximum atomic E-state index is 15.6. The summed E-state index contributed by atoms with van der Waals surface area (Å²) in [5, 5.41) is 0.557. The highest BCUT2D eigenvalue weighted by atomic mass is 32.2. The van der Waals surface area contributed by atoms with Gasteiger partial charge in [0.15, 0.2) is 5.17 Å². The van der Waals surface area contributed by atoms with Crippen LogP contribution < -0.4 is 4.90 Å². The van der Waals surface area contributed by atoms with Gasteiger partial charge >= 0.3 is 0 Å². The van der Waals surface area contributed by atoms with Crippen molar-refractivity contribution in [1.82, 2.24) is 9.88 Å². The Labute approximate surface area is 227 Å². The number of amidine groups is 1. The fourth-order valence-electron chi connectivity index (χ4n) is 5.02. The Morgan fingerprint density at radius 1 is 1.13 bits per heavy atom. The highest BCUT2D eigenvalue weighted by Gasteiger charge is 2.35. The predicted octanol–water partition coefficient (Wildman–Crippen LogP) is 7.44. The number of aliphatic imine (C=N–C) groups is 1. The van der Waals surface area contributed by atoms with Crippen LogP contribution >= 0.6 is 11.8 Å². The van der Waals surface area contributed by atoms with Gasteiger partial charge in [-0.1, -0.05) is 37.3 Å². The monoisotopic (exact) mass is 526 g/mol. The average Bonchev–Trinajstić information content (AvgIpc) is 3.17. The Bertz CT molecular complexity index is 1450. The molecular formula is C31H31FN4OS. The topological polar surface area (TPSA) is 48.8 Å². The van der Waals surface area contributed by atoms with Crippen molar-refractivity contribution in [1.29, 1.82) is 0 Å². The Hall–Kier alpha value is -3.71. The van der Waals surface area contributed by atoms with Crippen molar-refractivity contribution in [3.05, 3.63) is 100 Å². The minimum atomic E-state index is -0.344. The van der Waals surface area contributed by atoms with Crippen LogP contribution in [-0.4, -0.2) is 33.0 Å². The van der Waals surface area contributed by atoms with Gasteiger partial charge in [0.2, 0.25) is 0 Å². The van der Waals surface area contributed by atoms with Crippen molar-refractivity contribution in [3.8, 4) is 0 Å². The molecule has 3 heterocycles. The van der Waals surface area contributed by atoms with Crippen molar-refractivity contribution in [2.75, 3.05) is 11.4 Å². The summed E-state index contributed by atoms with van der Waals surface area (Å²) in [6.45, 7) is 9.67. The molecule has 1 amide bonds. The molecule has 1 aromatic heterocycles. The van der Waals surface area contributed by atoms with E-state index in [0.717, 1.165) is 41.0 Å². The summed E-state index contributed by atoms with van der Waals surface area (Å²) < 4.78 is 15.6. The molecule has 5 rings (SSSR count). The first-order valence-corrected chi connectivity index (χ1v) is 13.6. The number of allylic oxidation sites excluding steroid dienone is 1. The Morgan fingerprint density at radius 2 is 1.92 bits per heavy atom. The number of carbonyl (C=O) groups is 1. The second-order valence-electron chi connectivity index (χ2n) is 10.1. The largest absolute Gasteiger partial charge is 0.362 e. The molecule has 1 saturated heterocycles. The number of thioether (sulfide) groups is 1. The first-order chi connectivity index (χ1) is 18.3. The molecule has 0 unspecified atom stereocenters. The van der Waals surface area contributed by atoms with Crippen LogP contribution in [0.15, 0.2) is 83.0 Å². The molecule has 0 radical (unpaired) electrons. The third kappa shape index (κ3) is 5.16. The van der Waals surface area contributed by atoms with Gasteiger partial charge in [-0.3, -0.25) is 14.7 Å². The average molecular weight is 527 g/mol. The number of anilines is 1. The number of rotatable bonds is 6. The van der Waals surface area contributed by atoms with Crippen LogP contribution in [0.4, 0.5) is 15.8 Å². The van der Waals surface area contributed by atoms with Crippen LogP contribution in [0.1, 0.15) is 50.8 Å². The van der Waals surface area contributed by atoms with Gasteiger partial charge in [0, 0.05) is 35.8 Å². The van der Waals surface area contributed by atoms with Gasteiger partial charge < -0.3 is 4.90 Å². The third-order valence-corrected chi connectivity index (χ3v) is 7.77. The third-order valence-electron chi connectivity index (χ3n) is 6.76. The molecule has 0 aliphatic carbocycles. The van der Waals surface area contributed by atoms with E-state index < -0.39 is 0 Å². The first-order valence-electron chi connectivity index (χ1n) is 12.8. The molecule has 2 aliphatic rings. The van der Waals surface area contributed by atoms with Gasteiger partial charge in [-0.25, -0.2) is 9.38 Å².